The molecule has 4 nitrogen and oxygen atoms in total. The van der Waals surface area contributed by atoms with E-state index in [1.54, 1.807) is 18.3 Å². The molecule has 1 N–H and O–H groups in total. The van der Waals surface area contributed by atoms with Crippen LogP contribution in [0, 0.1) is 11.3 Å². The van der Waals surface area contributed by atoms with Gasteiger partial charge in [-0.05, 0) is 42.0 Å². The monoisotopic (exact) mass is 395 g/mol. The van der Waals surface area contributed by atoms with Crippen molar-refractivity contribution in [1.82, 2.24) is 4.98 Å². The van der Waals surface area contributed by atoms with Gasteiger partial charge in [0.05, 0.1) is 5.69 Å². The number of fused-ring (bicyclic) bond motifs is 1. The van der Waals surface area contributed by atoms with E-state index in [2.05, 4.69) is 29.6 Å². The van der Waals surface area contributed by atoms with Crippen molar-refractivity contribution in [3.05, 3.63) is 88.9 Å². The van der Waals surface area contributed by atoms with Gasteiger partial charge in [-0.25, -0.2) is 4.98 Å². The molecule has 0 amide bonds. The fourth-order valence-electron chi connectivity index (χ4n) is 3.07. The molecule has 0 aliphatic carbocycles. The molecule has 1 aromatic heterocycles. The maximum absolute atomic E-state index is 11.4. The van der Waals surface area contributed by atoms with Crippen molar-refractivity contribution in [3.63, 3.8) is 0 Å². The molecule has 0 bridgehead atoms. The fourth-order valence-corrected chi connectivity index (χ4v) is 3.85. The molecule has 0 spiro atoms. The molecule has 140 valence electrons. The van der Waals surface area contributed by atoms with E-state index in [-0.39, 0.29) is 5.78 Å². The molecule has 4 aromatic rings. The van der Waals surface area contributed by atoms with Crippen molar-refractivity contribution >= 4 is 39.2 Å². The molecule has 0 saturated carbocycles. The predicted molar refractivity (Wildman–Crippen MR) is 119 cm³/mol. The average molecular weight is 395 g/mol. The maximum Gasteiger partial charge on any atom is 0.159 e. The Balaban J connectivity index is 1.61. The smallest absolute Gasteiger partial charge is 0.159 e. The van der Waals surface area contributed by atoms with Crippen LogP contribution in [0.1, 0.15) is 22.3 Å². The lowest BCUT2D eigenvalue weighted by molar-refractivity contribution is 0.101. The summed E-state index contributed by atoms with van der Waals surface area (Å²) < 4.78 is 0. The van der Waals surface area contributed by atoms with Gasteiger partial charge in [0.25, 0.3) is 0 Å². The van der Waals surface area contributed by atoms with Gasteiger partial charge in [-0.15, -0.1) is 11.3 Å². The zero-order valence-corrected chi connectivity index (χ0v) is 16.5. The number of anilines is 1. The number of benzene rings is 3. The Bertz CT molecular complexity index is 1260. The molecule has 0 atom stereocenters. The standard InChI is InChI=1S/C24H17N3OS/c1-16(28)17-9-11-20(12-10-17)26-14-19(13-25)24-27-23(15-29-24)22-8-4-6-18-5-2-3-7-21(18)22/h2-12,14-15,26H,1H3/b19-14-. The Hall–Kier alpha value is -3.75. The molecule has 4 rings (SSSR count). The second-order valence-electron chi connectivity index (χ2n) is 6.51. The summed E-state index contributed by atoms with van der Waals surface area (Å²) in [6.45, 7) is 1.53. The van der Waals surface area contributed by atoms with Crippen LogP contribution in [0.15, 0.2) is 78.3 Å². The first-order valence-electron chi connectivity index (χ1n) is 9.07. The van der Waals surface area contributed by atoms with Gasteiger partial charge in [-0.3, -0.25) is 4.79 Å². The van der Waals surface area contributed by atoms with Crippen LogP contribution < -0.4 is 5.32 Å². The van der Waals surface area contributed by atoms with Gasteiger partial charge in [-0.2, -0.15) is 5.26 Å². The minimum absolute atomic E-state index is 0.0218. The number of nitrogens with zero attached hydrogens (tertiary/aromatic N) is 2. The molecule has 0 radical (unpaired) electrons. The van der Waals surface area contributed by atoms with E-state index in [9.17, 15) is 10.1 Å². The van der Waals surface area contributed by atoms with Crippen molar-refractivity contribution < 1.29 is 4.79 Å². The highest BCUT2D eigenvalue weighted by Gasteiger charge is 2.11. The number of hydrogen-bond acceptors (Lipinski definition) is 5. The van der Waals surface area contributed by atoms with E-state index in [0.717, 1.165) is 27.7 Å². The molecule has 29 heavy (non-hydrogen) atoms. The summed E-state index contributed by atoms with van der Waals surface area (Å²) in [5.41, 5.74) is 3.81. The van der Waals surface area contributed by atoms with E-state index >= 15 is 0 Å². The molecule has 1 heterocycles. The van der Waals surface area contributed by atoms with Crippen LogP contribution in [-0.2, 0) is 0 Å². The third kappa shape index (κ3) is 3.93. The van der Waals surface area contributed by atoms with Crippen LogP contribution in [0.3, 0.4) is 0 Å². The largest absolute Gasteiger partial charge is 0.360 e. The number of carbonyl (C=O) groups excluding carboxylic acids is 1. The summed E-state index contributed by atoms with van der Waals surface area (Å²) in [6.07, 6.45) is 1.65. The average Bonchev–Trinajstić information content (AvgIpc) is 3.24. The predicted octanol–water partition coefficient (Wildman–Crippen LogP) is 6.14. The molecule has 0 aliphatic heterocycles. The quantitative estimate of drug-likeness (QED) is 0.325. The highest BCUT2D eigenvalue weighted by Crippen LogP contribution is 2.31. The summed E-state index contributed by atoms with van der Waals surface area (Å²) in [7, 11) is 0. The highest BCUT2D eigenvalue weighted by molar-refractivity contribution is 7.11. The minimum atomic E-state index is 0.0218. The van der Waals surface area contributed by atoms with Gasteiger partial charge in [0.15, 0.2) is 5.78 Å². The third-order valence-corrected chi connectivity index (χ3v) is 5.47. The summed E-state index contributed by atoms with van der Waals surface area (Å²) >= 11 is 1.44. The first-order valence-corrected chi connectivity index (χ1v) is 9.95. The molecular weight excluding hydrogens is 378 g/mol. The van der Waals surface area contributed by atoms with E-state index in [1.807, 2.05) is 41.8 Å². The van der Waals surface area contributed by atoms with Crippen LogP contribution in [0.4, 0.5) is 5.69 Å². The van der Waals surface area contributed by atoms with Gasteiger partial charge >= 0.3 is 0 Å². The lowest BCUT2D eigenvalue weighted by atomic mass is 10.0. The summed E-state index contributed by atoms with van der Waals surface area (Å²) in [6, 6.07) is 23.7. The molecule has 0 aliphatic rings. The number of aromatic nitrogens is 1. The van der Waals surface area contributed by atoms with Crippen LogP contribution in [0.25, 0.3) is 27.6 Å². The Morgan fingerprint density at radius 2 is 1.83 bits per heavy atom. The summed E-state index contributed by atoms with van der Waals surface area (Å²) in [4.78, 5) is 16.1. The molecule has 0 fully saturated rings. The summed E-state index contributed by atoms with van der Waals surface area (Å²) in [5, 5.41) is 17.6. The van der Waals surface area contributed by atoms with Gasteiger partial charge in [0.1, 0.15) is 16.6 Å². The van der Waals surface area contributed by atoms with Crippen LogP contribution >= 0.6 is 11.3 Å². The number of thiazole rings is 1. The van der Waals surface area contributed by atoms with Crippen LogP contribution in [-0.4, -0.2) is 10.8 Å². The molecule has 3 aromatic carbocycles. The molecule has 0 saturated heterocycles. The number of carbonyl (C=O) groups is 1. The number of hydrogen-bond donors (Lipinski definition) is 1. The van der Waals surface area contributed by atoms with Crippen molar-refractivity contribution in [1.29, 1.82) is 5.26 Å². The van der Waals surface area contributed by atoms with Gasteiger partial charge < -0.3 is 5.32 Å². The van der Waals surface area contributed by atoms with E-state index in [0.29, 0.717) is 16.1 Å². The summed E-state index contributed by atoms with van der Waals surface area (Å²) in [5.74, 6) is 0.0218. The Morgan fingerprint density at radius 3 is 2.59 bits per heavy atom. The van der Waals surface area contributed by atoms with Gasteiger partial charge in [0, 0.05) is 28.4 Å². The van der Waals surface area contributed by atoms with Gasteiger partial charge in [-0.1, -0.05) is 42.5 Å². The fraction of sp³-hybridized carbons (Fsp3) is 0.0417. The van der Waals surface area contributed by atoms with Crippen molar-refractivity contribution in [2.24, 2.45) is 0 Å². The lowest BCUT2D eigenvalue weighted by Crippen LogP contribution is -1.94. The van der Waals surface area contributed by atoms with Crippen LogP contribution in [0.2, 0.25) is 0 Å². The topological polar surface area (TPSA) is 65.8 Å². The zero-order valence-electron chi connectivity index (χ0n) is 15.7. The SMILES string of the molecule is CC(=O)c1ccc(N/C=C(/C#N)c2nc(-c3cccc4ccccc34)cs2)cc1. The second-order valence-corrected chi connectivity index (χ2v) is 7.37. The van der Waals surface area contributed by atoms with Crippen molar-refractivity contribution in [2.75, 3.05) is 5.32 Å². The Morgan fingerprint density at radius 1 is 1.07 bits per heavy atom. The first-order chi connectivity index (χ1) is 14.2. The van der Waals surface area contributed by atoms with E-state index in [1.165, 1.54) is 18.3 Å². The number of ketones is 1. The van der Waals surface area contributed by atoms with Gasteiger partial charge in [0.2, 0.25) is 0 Å². The normalized spacial score (nSPS) is 11.2. The number of rotatable bonds is 5. The second kappa shape index (κ2) is 8.09. The third-order valence-electron chi connectivity index (χ3n) is 4.60. The zero-order chi connectivity index (χ0) is 20.2. The highest BCUT2D eigenvalue weighted by atomic mass is 32.1. The Kier molecular flexibility index (Phi) is 5.19. The minimum Gasteiger partial charge on any atom is -0.360 e. The number of allylic oxidation sites excluding steroid dienone is 1. The van der Waals surface area contributed by atoms with Crippen molar-refractivity contribution in [3.8, 4) is 17.3 Å². The molecule has 0 unspecified atom stereocenters. The maximum atomic E-state index is 11.4. The van der Waals surface area contributed by atoms with E-state index < -0.39 is 0 Å². The lowest BCUT2D eigenvalue weighted by Gasteiger charge is -2.04. The number of Topliss-reactive ketones (excluding diaryl/α,β-unsaturated/α-hetero) is 1. The molecular formula is C24H17N3OS. The molecule has 5 heteroatoms. The number of nitrogens with one attached hydrogen (secondary N) is 1. The number of nitriles is 1. The van der Waals surface area contributed by atoms with Crippen LogP contribution in [0.5, 0.6) is 0 Å². The van der Waals surface area contributed by atoms with Crippen molar-refractivity contribution in [2.45, 2.75) is 6.92 Å². The van der Waals surface area contributed by atoms with E-state index in [4.69, 9.17) is 4.98 Å². The first kappa shape index (κ1) is 18.6. The Labute approximate surface area is 172 Å².